The molecule has 0 rings (SSSR count). The molecule has 1 unspecified atom stereocenters. The van der Waals surface area contributed by atoms with Crippen molar-refractivity contribution in [2.75, 3.05) is 6.54 Å². The van der Waals surface area contributed by atoms with Crippen LogP contribution in [0.1, 0.15) is 13.8 Å². The van der Waals surface area contributed by atoms with Crippen molar-refractivity contribution in [1.82, 2.24) is 10.5 Å². The van der Waals surface area contributed by atoms with Crippen LogP contribution in [0.5, 0.6) is 0 Å². The molecule has 50 valence electrons. The molecule has 0 aromatic heterocycles. The van der Waals surface area contributed by atoms with Crippen LogP contribution in [-0.2, 0) is 0 Å². The normalized spacial score (nSPS) is 14.6. The zero-order chi connectivity index (χ0) is 6.57. The Morgan fingerprint density at radius 3 is 2.38 bits per heavy atom. The van der Waals surface area contributed by atoms with Gasteiger partial charge in [-0.1, -0.05) is 6.92 Å². The van der Waals surface area contributed by atoms with Crippen LogP contribution in [-0.4, -0.2) is 28.2 Å². The lowest BCUT2D eigenvalue weighted by molar-refractivity contribution is -0.153. The molecule has 0 aromatic rings. The topological polar surface area (TPSA) is 55.7 Å². The molecule has 4 heteroatoms. The fraction of sp³-hybridized carbons (Fsp3) is 1.00. The fourth-order valence-electron chi connectivity index (χ4n) is 0.341. The van der Waals surface area contributed by atoms with Gasteiger partial charge in [-0.3, -0.25) is 0 Å². The average Bonchev–Trinajstić information content (AvgIpc) is 1.84. The number of hydrogen-bond donors (Lipinski definition) is 3. The molecular formula is C4H12N2O2. The van der Waals surface area contributed by atoms with Crippen molar-refractivity contribution in [3.8, 4) is 0 Å². The van der Waals surface area contributed by atoms with Crippen LogP contribution in [0.25, 0.3) is 0 Å². The molecule has 0 fully saturated rings. The highest BCUT2D eigenvalue weighted by molar-refractivity contribution is 4.44. The Labute approximate surface area is 48.6 Å². The van der Waals surface area contributed by atoms with Gasteiger partial charge in [0.05, 0.1) is 0 Å². The number of hydrogen-bond acceptors (Lipinski definition) is 4. The van der Waals surface area contributed by atoms with Gasteiger partial charge in [0.2, 0.25) is 0 Å². The molecule has 0 aliphatic carbocycles. The summed E-state index contributed by atoms with van der Waals surface area (Å²) in [6, 6.07) is 0. The first kappa shape index (κ1) is 7.84. The average molecular weight is 120 g/mol. The van der Waals surface area contributed by atoms with Gasteiger partial charge in [0.1, 0.15) is 6.17 Å². The van der Waals surface area contributed by atoms with E-state index in [4.69, 9.17) is 10.4 Å². The third-order valence-corrected chi connectivity index (χ3v) is 0.958. The summed E-state index contributed by atoms with van der Waals surface area (Å²) in [4.78, 5) is 0. The minimum Gasteiger partial charge on any atom is -0.315 e. The molecule has 0 saturated carbocycles. The van der Waals surface area contributed by atoms with Gasteiger partial charge in [0, 0.05) is 6.54 Å². The maximum absolute atomic E-state index is 8.74. The smallest absolute Gasteiger partial charge is 0.104 e. The minimum absolute atomic E-state index is 0.389. The largest absolute Gasteiger partial charge is 0.315 e. The van der Waals surface area contributed by atoms with Gasteiger partial charge in [0.15, 0.2) is 0 Å². The first-order valence-corrected chi connectivity index (χ1v) is 2.57. The number of nitrogens with one attached hydrogen (secondary N) is 1. The van der Waals surface area contributed by atoms with Crippen LogP contribution in [0.2, 0.25) is 0 Å². The van der Waals surface area contributed by atoms with E-state index in [1.54, 1.807) is 13.8 Å². The second-order valence-electron chi connectivity index (χ2n) is 1.56. The molecule has 0 bridgehead atoms. The molecule has 0 saturated heterocycles. The lowest BCUT2D eigenvalue weighted by atomic mass is 10.5. The van der Waals surface area contributed by atoms with Crippen LogP contribution in [0.15, 0.2) is 0 Å². The van der Waals surface area contributed by atoms with E-state index in [-0.39, 0.29) is 6.17 Å². The Bertz CT molecular complexity index is 52.0. The monoisotopic (exact) mass is 120 g/mol. The van der Waals surface area contributed by atoms with E-state index in [0.717, 1.165) is 5.06 Å². The zero-order valence-electron chi connectivity index (χ0n) is 5.13. The molecular weight excluding hydrogens is 108 g/mol. The SMILES string of the molecule is CCN(O)C(C)NO. The first-order chi connectivity index (χ1) is 3.72. The highest BCUT2D eigenvalue weighted by Gasteiger charge is 2.04. The molecule has 4 nitrogen and oxygen atoms in total. The molecule has 8 heavy (non-hydrogen) atoms. The van der Waals surface area contributed by atoms with Crippen molar-refractivity contribution in [3.63, 3.8) is 0 Å². The summed E-state index contributed by atoms with van der Waals surface area (Å²) in [6.07, 6.45) is -0.389. The summed E-state index contributed by atoms with van der Waals surface area (Å²) < 4.78 is 0. The molecule has 1 atom stereocenters. The number of rotatable bonds is 3. The zero-order valence-corrected chi connectivity index (χ0v) is 5.13. The maximum Gasteiger partial charge on any atom is 0.104 e. The molecule has 0 aliphatic rings. The summed E-state index contributed by atoms with van der Waals surface area (Å²) in [5.41, 5.74) is 1.89. The summed E-state index contributed by atoms with van der Waals surface area (Å²) >= 11 is 0. The highest BCUT2D eigenvalue weighted by Crippen LogP contribution is 1.85. The van der Waals surface area contributed by atoms with E-state index in [9.17, 15) is 0 Å². The predicted molar refractivity (Wildman–Crippen MR) is 28.6 cm³/mol. The number of nitrogens with zero attached hydrogens (tertiary/aromatic N) is 1. The summed E-state index contributed by atoms with van der Waals surface area (Å²) in [6.45, 7) is 3.92. The lowest BCUT2D eigenvalue weighted by Gasteiger charge is -2.18. The van der Waals surface area contributed by atoms with E-state index < -0.39 is 0 Å². The first-order valence-electron chi connectivity index (χ1n) is 2.57. The quantitative estimate of drug-likeness (QED) is 0.363. The van der Waals surface area contributed by atoms with Crippen LogP contribution in [0, 0.1) is 0 Å². The Morgan fingerprint density at radius 2 is 2.25 bits per heavy atom. The summed E-state index contributed by atoms with van der Waals surface area (Å²) in [5, 5.41) is 17.9. The van der Waals surface area contributed by atoms with Gasteiger partial charge in [-0.25, -0.2) is 0 Å². The van der Waals surface area contributed by atoms with E-state index >= 15 is 0 Å². The van der Waals surface area contributed by atoms with Gasteiger partial charge >= 0.3 is 0 Å². The highest BCUT2D eigenvalue weighted by atomic mass is 16.5. The predicted octanol–water partition coefficient (Wildman–Crippen LogP) is 0.0223. The van der Waals surface area contributed by atoms with Crippen molar-refractivity contribution in [2.24, 2.45) is 0 Å². The fourth-order valence-corrected chi connectivity index (χ4v) is 0.341. The second-order valence-corrected chi connectivity index (χ2v) is 1.56. The van der Waals surface area contributed by atoms with Crippen molar-refractivity contribution >= 4 is 0 Å². The molecule has 0 amide bonds. The van der Waals surface area contributed by atoms with Crippen molar-refractivity contribution in [1.29, 1.82) is 0 Å². The van der Waals surface area contributed by atoms with Gasteiger partial charge < -0.3 is 10.4 Å². The van der Waals surface area contributed by atoms with Crippen LogP contribution < -0.4 is 5.48 Å². The van der Waals surface area contributed by atoms with Crippen molar-refractivity contribution in [3.05, 3.63) is 0 Å². The maximum atomic E-state index is 8.74. The van der Waals surface area contributed by atoms with Crippen LogP contribution >= 0.6 is 0 Å². The molecule has 3 N–H and O–H groups in total. The van der Waals surface area contributed by atoms with Crippen molar-refractivity contribution < 1.29 is 10.4 Å². The molecule has 0 aromatic carbocycles. The standard InChI is InChI=1S/C4H12N2O2/c1-3-6(8)4(2)5-7/h4-5,7-8H,3H2,1-2H3. The molecule has 0 aliphatic heterocycles. The molecule has 0 spiro atoms. The minimum atomic E-state index is -0.389. The Balaban J connectivity index is 3.29. The third kappa shape index (κ3) is 2.23. The molecule has 0 radical (unpaired) electrons. The molecule has 0 heterocycles. The summed E-state index contributed by atoms with van der Waals surface area (Å²) in [7, 11) is 0. The van der Waals surface area contributed by atoms with E-state index in [2.05, 4.69) is 0 Å². The Hall–Kier alpha value is -0.160. The third-order valence-electron chi connectivity index (χ3n) is 0.958. The second kappa shape index (κ2) is 3.80. The number of hydroxylamine groups is 3. The van der Waals surface area contributed by atoms with Gasteiger partial charge in [-0.05, 0) is 6.92 Å². The Kier molecular flexibility index (Phi) is 3.72. The van der Waals surface area contributed by atoms with E-state index in [0.29, 0.717) is 6.54 Å². The Morgan fingerprint density at radius 1 is 1.75 bits per heavy atom. The lowest BCUT2D eigenvalue weighted by Crippen LogP contribution is -2.39. The van der Waals surface area contributed by atoms with Crippen LogP contribution in [0.3, 0.4) is 0 Å². The van der Waals surface area contributed by atoms with Gasteiger partial charge in [-0.2, -0.15) is 10.5 Å². The van der Waals surface area contributed by atoms with E-state index in [1.165, 1.54) is 0 Å². The van der Waals surface area contributed by atoms with Crippen LogP contribution in [0.4, 0.5) is 0 Å². The summed E-state index contributed by atoms with van der Waals surface area (Å²) in [5.74, 6) is 0. The van der Waals surface area contributed by atoms with Crippen molar-refractivity contribution in [2.45, 2.75) is 20.0 Å². The van der Waals surface area contributed by atoms with E-state index in [1.807, 2.05) is 5.48 Å². The van der Waals surface area contributed by atoms with Gasteiger partial charge in [0.25, 0.3) is 0 Å². The van der Waals surface area contributed by atoms with Gasteiger partial charge in [-0.15, -0.1) is 0 Å².